The lowest BCUT2D eigenvalue weighted by Crippen LogP contribution is -2.43. The fraction of sp³-hybridized carbons (Fsp3) is 0.381. The second kappa shape index (κ2) is 6.68. The molecule has 2 aromatic carbocycles. The van der Waals surface area contributed by atoms with Gasteiger partial charge < -0.3 is 5.32 Å². The van der Waals surface area contributed by atoms with E-state index in [1.54, 1.807) is 4.90 Å². The number of hydrogen-bond acceptors (Lipinski definition) is 1. The van der Waals surface area contributed by atoms with Gasteiger partial charge in [-0.2, -0.15) is 0 Å². The van der Waals surface area contributed by atoms with Gasteiger partial charge in [0.05, 0.1) is 0 Å². The summed E-state index contributed by atoms with van der Waals surface area (Å²) in [4.78, 5) is 14.5. The summed E-state index contributed by atoms with van der Waals surface area (Å²) in [5.41, 5.74) is 4.87. The average Bonchev–Trinajstić information content (AvgIpc) is 3.35. The summed E-state index contributed by atoms with van der Waals surface area (Å²) in [6, 6.07) is 16.8. The first-order valence-corrected chi connectivity index (χ1v) is 8.73. The fourth-order valence-corrected chi connectivity index (χ4v) is 3.21. The van der Waals surface area contributed by atoms with Gasteiger partial charge in [-0.05, 0) is 56.9 Å². The molecule has 3 rings (SSSR count). The van der Waals surface area contributed by atoms with E-state index in [1.165, 1.54) is 11.1 Å². The summed E-state index contributed by atoms with van der Waals surface area (Å²) in [5.74, 6) is 0. The van der Waals surface area contributed by atoms with E-state index in [4.69, 9.17) is 0 Å². The highest BCUT2D eigenvalue weighted by Crippen LogP contribution is 2.47. The van der Waals surface area contributed by atoms with E-state index in [1.807, 2.05) is 32.0 Å². The minimum atomic E-state index is -0.0125. The van der Waals surface area contributed by atoms with Crippen LogP contribution in [0.4, 0.5) is 10.5 Å². The van der Waals surface area contributed by atoms with Gasteiger partial charge in [-0.15, -0.1) is 0 Å². The maximum atomic E-state index is 12.7. The van der Waals surface area contributed by atoms with Crippen LogP contribution in [0.2, 0.25) is 0 Å². The van der Waals surface area contributed by atoms with Gasteiger partial charge in [-0.3, -0.25) is 4.90 Å². The van der Waals surface area contributed by atoms with E-state index in [9.17, 15) is 4.79 Å². The smallest absolute Gasteiger partial charge is 0.321 e. The summed E-state index contributed by atoms with van der Waals surface area (Å²) < 4.78 is 0. The van der Waals surface area contributed by atoms with Crippen LogP contribution in [0.3, 0.4) is 0 Å². The van der Waals surface area contributed by atoms with Crippen molar-refractivity contribution in [3.8, 4) is 0 Å². The Bertz CT molecular complexity index is 717. The third-order valence-corrected chi connectivity index (χ3v) is 4.97. The molecule has 0 unspecified atom stereocenters. The van der Waals surface area contributed by atoms with E-state index >= 15 is 0 Å². The number of hydrogen-bond donors (Lipinski definition) is 1. The second-order valence-electron chi connectivity index (χ2n) is 6.89. The zero-order valence-corrected chi connectivity index (χ0v) is 14.8. The Labute approximate surface area is 144 Å². The molecule has 1 saturated carbocycles. The van der Waals surface area contributed by atoms with Gasteiger partial charge >= 0.3 is 6.03 Å². The molecule has 0 radical (unpaired) electrons. The summed E-state index contributed by atoms with van der Waals surface area (Å²) >= 11 is 0. The highest BCUT2D eigenvalue weighted by atomic mass is 16.2. The monoisotopic (exact) mass is 322 g/mol. The first-order valence-electron chi connectivity index (χ1n) is 8.73. The standard InChI is InChI=1S/C21H26N2O/c1-4-23(19-7-5-6-17(3)14-19)20(24)22-15-21(12-13-21)18-10-8-16(2)9-11-18/h5-11,14H,4,12-13,15H2,1-3H3,(H,22,24). The summed E-state index contributed by atoms with van der Waals surface area (Å²) in [5, 5.41) is 3.15. The molecule has 1 aliphatic carbocycles. The summed E-state index contributed by atoms with van der Waals surface area (Å²) in [6.45, 7) is 7.52. The lowest BCUT2D eigenvalue weighted by Gasteiger charge is -2.24. The largest absolute Gasteiger partial charge is 0.337 e. The second-order valence-corrected chi connectivity index (χ2v) is 6.89. The molecular weight excluding hydrogens is 296 g/mol. The molecule has 0 aromatic heterocycles. The SMILES string of the molecule is CCN(C(=O)NCC1(c2ccc(C)cc2)CC1)c1cccc(C)c1. The van der Waals surface area contributed by atoms with Crippen LogP contribution in [0.5, 0.6) is 0 Å². The zero-order valence-electron chi connectivity index (χ0n) is 14.8. The molecule has 0 bridgehead atoms. The lowest BCUT2D eigenvalue weighted by atomic mass is 9.95. The molecule has 0 spiro atoms. The minimum Gasteiger partial charge on any atom is -0.337 e. The van der Waals surface area contributed by atoms with Gasteiger partial charge in [0.2, 0.25) is 0 Å². The van der Waals surface area contributed by atoms with Crippen molar-refractivity contribution in [3.63, 3.8) is 0 Å². The van der Waals surface area contributed by atoms with Crippen molar-refractivity contribution in [2.75, 3.05) is 18.0 Å². The molecule has 2 aromatic rings. The molecule has 2 amide bonds. The van der Waals surface area contributed by atoms with E-state index in [0.717, 1.165) is 24.1 Å². The Morgan fingerprint density at radius 3 is 2.38 bits per heavy atom. The van der Waals surface area contributed by atoms with Crippen LogP contribution in [0, 0.1) is 13.8 Å². The van der Waals surface area contributed by atoms with Gasteiger partial charge in [0.1, 0.15) is 0 Å². The van der Waals surface area contributed by atoms with Crippen LogP contribution in [0.15, 0.2) is 48.5 Å². The number of carbonyl (C=O) groups excluding carboxylic acids is 1. The number of rotatable bonds is 5. The third-order valence-electron chi connectivity index (χ3n) is 4.97. The molecule has 1 fully saturated rings. The number of carbonyl (C=O) groups is 1. The van der Waals surface area contributed by atoms with E-state index in [2.05, 4.69) is 42.6 Å². The van der Waals surface area contributed by atoms with Gasteiger partial charge in [-0.1, -0.05) is 42.0 Å². The van der Waals surface area contributed by atoms with Crippen molar-refractivity contribution in [2.24, 2.45) is 0 Å². The van der Waals surface area contributed by atoms with E-state index < -0.39 is 0 Å². The molecule has 1 N–H and O–H groups in total. The number of urea groups is 1. The van der Waals surface area contributed by atoms with Crippen molar-refractivity contribution in [3.05, 3.63) is 65.2 Å². The van der Waals surface area contributed by atoms with E-state index in [-0.39, 0.29) is 11.4 Å². The van der Waals surface area contributed by atoms with Gasteiger partial charge in [-0.25, -0.2) is 4.79 Å². The number of benzene rings is 2. The van der Waals surface area contributed by atoms with Crippen molar-refractivity contribution < 1.29 is 4.79 Å². The number of aryl methyl sites for hydroxylation is 2. The molecule has 3 heteroatoms. The molecule has 126 valence electrons. The first kappa shape index (κ1) is 16.6. The molecule has 0 saturated heterocycles. The number of amides is 2. The molecule has 24 heavy (non-hydrogen) atoms. The third kappa shape index (κ3) is 3.45. The van der Waals surface area contributed by atoms with Gasteiger partial charge in [0.25, 0.3) is 0 Å². The van der Waals surface area contributed by atoms with Crippen molar-refractivity contribution in [2.45, 2.75) is 39.0 Å². The van der Waals surface area contributed by atoms with Crippen LogP contribution in [-0.4, -0.2) is 19.1 Å². The van der Waals surface area contributed by atoms with Crippen LogP contribution in [-0.2, 0) is 5.41 Å². The summed E-state index contributed by atoms with van der Waals surface area (Å²) in [7, 11) is 0. The highest BCUT2D eigenvalue weighted by molar-refractivity contribution is 5.92. The minimum absolute atomic E-state index is 0.0125. The Balaban J connectivity index is 1.67. The fourth-order valence-electron chi connectivity index (χ4n) is 3.21. The summed E-state index contributed by atoms with van der Waals surface area (Å²) in [6.07, 6.45) is 2.29. The van der Waals surface area contributed by atoms with Gasteiger partial charge in [0, 0.05) is 24.2 Å². The molecule has 0 aliphatic heterocycles. The highest BCUT2D eigenvalue weighted by Gasteiger charge is 2.44. The first-order chi connectivity index (χ1) is 11.5. The predicted molar refractivity (Wildman–Crippen MR) is 99.7 cm³/mol. The average molecular weight is 322 g/mol. The maximum absolute atomic E-state index is 12.7. The van der Waals surface area contributed by atoms with E-state index in [0.29, 0.717) is 13.1 Å². The van der Waals surface area contributed by atoms with Crippen LogP contribution >= 0.6 is 0 Å². The lowest BCUT2D eigenvalue weighted by molar-refractivity contribution is 0.245. The molecular formula is C21H26N2O. The Morgan fingerprint density at radius 2 is 1.79 bits per heavy atom. The maximum Gasteiger partial charge on any atom is 0.321 e. The van der Waals surface area contributed by atoms with Crippen LogP contribution < -0.4 is 10.2 Å². The molecule has 3 nitrogen and oxygen atoms in total. The molecule has 1 aliphatic rings. The Hall–Kier alpha value is -2.29. The van der Waals surface area contributed by atoms with Crippen molar-refractivity contribution >= 4 is 11.7 Å². The number of anilines is 1. The van der Waals surface area contributed by atoms with Crippen molar-refractivity contribution in [1.29, 1.82) is 0 Å². The van der Waals surface area contributed by atoms with Gasteiger partial charge in [0.15, 0.2) is 0 Å². The quantitative estimate of drug-likeness (QED) is 0.859. The number of nitrogens with one attached hydrogen (secondary N) is 1. The molecule has 0 atom stereocenters. The van der Waals surface area contributed by atoms with Crippen LogP contribution in [0.25, 0.3) is 0 Å². The van der Waals surface area contributed by atoms with Crippen molar-refractivity contribution in [1.82, 2.24) is 5.32 Å². The van der Waals surface area contributed by atoms with Crippen LogP contribution in [0.1, 0.15) is 36.5 Å². The predicted octanol–water partition coefficient (Wildman–Crippen LogP) is 4.57. The zero-order chi connectivity index (χ0) is 17.2. The Morgan fingerprint density at radius 1 is 1.08 bits per heavy atom. The normalized spacial score (nSPS) is 15.0. The number of nitrogens with zero attached hydrogens (tertiary/aromatic N) is 1. The topological polar surface area (TPSA) is 32.3 Å². The molecule has 0 heterocycles. The Kier molecular flexibility index (Phi) is 4.61.